The largest absolute Gasteiger partial charge is 0.493 e. The number of carboxylic acids is 1. The van der Waals surface area contributed by atoms with Crippen LogP contribution in [-0.4, -0.2) is 34.1 Å². The Hall–Kier alpha value is -3.98. The lowest BCUT2D eigenvalue weighted by molar-refractivity contribution is 0.0696. The van der Waals surface area contributed by atoms with Crippen LogP contribution in [0.4, 0.5) is 0 Å². The van der Waals surface area contributed by atoms with Crippen molar-refractivity contribution in [1.82, 2.24) is 9.66 Å². The number of rotatable bonds is 8. The fraction of sp³-hybridized carbons (Fsp3) is 0.267. The summed E-state index contributed by atoms with van der Waals surface area (Å²) in [5.74, 6) is 0.834. The second kappa shape index (κ2) is 11.8. The topological polar surface area (TPSA) is 103 Å². The Bertz CT molecular complexity index is 1610. The van der Waals surface area contributed by atoms with E-state index in [1.54, 1.807) is 43.7 Å². The van der Waals surface area contributed by atoms with Crippen LogP contribution in [0.25, 0.3) is 10.9 Å². The molecule has 5 rings (SSSR count). The number of ether oxygens (including phenoxy) is 2. The minimum atomic E-state index is -0.994. The van der Waals surface area contributed by atoms with Crippen LogP contribution in [0, 0.1) is 0 Å². The number of carbonyl (C=O) groups is 1. The van der Waals surface area contributed by atoms with Crippen molar-refractivity contribution in [3.63, 3.8) is 0 Å². The van der Waals surface area contributed by atoms with Crippen molar-refractivity contribution < 1.29 is 19.4 Å². The molecule has 200 valence electrons. The third-order valence-corrected chi connectivity index (χ3v) is 7.47. The predicted octanol–water partition coefficient (Wildman–Crippen LogP) is 6.37. The van der Waals surface area contributed by atoms with Crippen molar-refractivity contribution in [2.24, 2.45) is 5.10 Å². The highest BCUT2D eigenvalue weighted by Crippen LogP contribution is 2.37. The van der Waals surface area contributed by atoms with E-state index in [1.807, 2.05) is 24.3 Å². The lowest BCUT2D eigenvalue weighted by Gasteiger charge is -2.22. The Morgan fingerprint density at radius 3 is 2.69 bits per heavy atom. The van der Waals surface area contributed by atoms with Crippen LogP contribution < -0.4 is 15.0 Å². The Kier molecular flexibility index (Phi) is 8.07. The molecule has 1 aromatic heterocycles. The minimum absolute atomic E-state index is 0.159. The van der Waals surface area contributed by atoms with Crippen molar-refractivity contribution in [1.29, 1.82) is 0 Å². The number of fused-ring (bicyclic) bond motifs is 1. The van der Waals surface area contributed by atoms with Gasteiger partial charge in [-0.15, -0.1) is 0 Å². The third kappa shape index (κ3) is 5.88. The number of benzene rings is 3. The van der Waals surface area contributed by atoms with Crippen LogP contribution in [0.5, 0.6) is 11.5 Å². The van der Waals surface area contributed by atoms with Crippen LogP contribution >= 0.6 is 15.9 Å². The van der Waals surface area contributed by atoms with Crippen LogP contribution in [0.3, 0.4) is 0 Å². The van der Waals surface area contributed by atoms with Crippen LogP contribution in [-0.2, 0) is 6.61 Å². The van der Waals surface area contributed by atoms with E-state index in [2.05, 4.69) is 21.0 Å². The molecule has 0 radical (unpaired) electrons. The zero-order valence-corrected chi connectivity index (χ0v) is 23.1. The highest BCUT2D eigenvalue weighted by molar-refractivity contribution is 9.10. The van der Waals surface area contributed by atoms with Gasteiger partial charge in [-0.1, -0.05) is 43.5 Å². The van der Waals surface area contributed by atoms with Crippen LogP contribution in [0.2, 0.25) is 0 Å². The van der Waals surface area contributed by atoms with Crippen molar-refractivity contribution in [3.05, 3.63) is 98.0 Å². The van der Waals surface area contributed by atoms with Gasteiger partial charge in [0.15, 0.2) is 11.5 Å². The van der Waals surface area contributed by atoms with Gasteiger partial charge < -0.3 is 14.6 Å². The van der Waals surface area contributed by atoms with Gasteiger partial charge in [0.25, 0.3) is 5.56 Å². The first-order valence-electron chi connectivity index (χ1n) is 12.8. The van der Waals surface area contributed by atoms with Gasteiger partial charge >= 0.3 is 5.97 Å². The molecule has 0 bridgehead atoms. The molecule has 3 aromatic carbocycles. The van der Waals surface area contributed by atoms with Crippen molar-refractivity contribution in [2.45, 2.75) is 44.6 Å². The molecule has 9 heteroatoms. The number of aromatic carboxylic acids is 1. The molecule has 0 amide bonds. The Morgan fingerprint density at radius 2 is 1.92 bits per heavy atom. The quantitative estimate of drug-likeness (QED) is 0.239. The predicted molar refractivity (Wildman–Crippen MR) is 153 cm³/mol. The molecular weight excluding hydrogens is 562 g/mol. The van der Waals surface area contributed by atoms with Gasteiger partial charge in [0.1, 0.15) is 12.4 Å². The first-order chi connectivity index (χ1) is 18.9. The molecule has 1 heterocycles. The number of aromatic nitrogens is 2. The summed E-state index contributed by atoms with van der Waals surface area (Å²) in [5, 5.41) is 14.4. The van der Waals surface area contributed by atoms with Crippen LogP contribution in [0.1, 0.15) is 65.3 Å². The van der Waals surface area contributed by atoms with E-state index in [0.29, 0.717) is 43.8 Å². The first-order valence-corrected chi connectivity index (χ1v) is 13.6. The zero-order valence-electron chi connectivity index (χ0n) is 21.5. The molecule has 1 N–H and O–H groups in total. The molecule has 1 aliphatic rings. The van der Waals surface area contributed by atoms with E-state index in [9.17, 15) is 14.7 Å². The minimum Gasteiger partial charge on any atom is -0.493 e. The molecule has 1 fully saturated rings. The number of halogens is 1. The fourth-order valence-electron chi connectivity index (χ4n) is 4.91. The molecule has 0 spiro atoms. The van der Waals surface area contributed by atoms with E-state index >= 15 is 0 Å². The maximum Gasteiger partial charge on any atom is 0.335 e. The van der Waals surface area contributed by atoms with Gasteiger partial charge in [0.2, 0.25) is 0 Å². The van der Waals surface area contributed by atoms with Crippen molar-refractivity contribution in [2.75, 3.05) is 7.11 Å². The van der Waals surface area contributed by atoms with Crippen LogP contribution in [0.15, 0.2) is 75.0 Å². The standard InChI is InChI=1S/C30H28BrN3O5/c1-38-26-16-20(15-24(31)27(26)39-18-19-8-7-11-22(14-19)30(36)37)17-32-34-28(21-9-3-2-4-10-21)33-25-13-6-5-12-23(25)29(34)35/h5-8,11-17,21H,2-4,9-10,18H2,1H3,(H,36,37). The highest BCUT2D eigenvalue weighted by atomic mass is 79.9. The summed E-state index contributed by atoms with van der Waals surface area (Å²) < 4.78 is 13.6. The Balaban J connectivity index is 1.46. The summed E-state index contributed by atoms with van der Waals surface area (Å²) >= 11 is 3.56. The molecule has 0 aliphatic heterocycles. The number of hydrogen-bond acceptors (Lipinski definition) is 6. The van der Waals surface area contributed by atoms with Crippen molar-refractivity contribution in [3.8, 4) is 11.5 Å². The molecule has 39 heavy (non-hydrogen) atoms. The van der Waals surface area contributed by atoms with Gasteiger partial charge in [-0.2, -0.15) is 9.78 Å². The first kappa shape index (κ1) is 26.6. The molecule has 0 atom stereocenters. The van der Waals surface area contributed by atoms with Crippen molar-refractivity contribution >= 4 is 39.0 Å². The fourth-order valence-corrected chi connectivity index (χ4v) is 5.48. The second-order valence-electron chi connectivity index (χ2n) is 9.51. The third-order valence-electron chi connectivity index (χ3n) is 6.88. The molecule has 1 saturated carbocycles. The summed E-state index contributed by atoms with van der Waals surface area (Å²) in [6.45, 7) is 0.159. The van der Waals surface area contributed by atoms with Gasteiger partial charge in [-0.05, 0) is 76.3 Å². The summed E-state index contributed by atoms with van der Waals surface area (Å²) in [5.41, 5.74) is 2.11. The average molecular weight is 590 g/mol. The number of carboxylic acid groups (broad SMARTS) is 1. The SMILES string of the molecule is COc1cc(C=Nn2c(C3CCCCC3)nc3ccccc3c2=O)cc(Br)c1OCc1cccc(C(=O)O)c1. The molecule has 4 aromatic rings. The summed E-state index contributed by atoms with van der Waals surface area (Å²) in [6, 6.07) is 17.6. The van der Waals surface area contributed by atoms with Gasteiger partial charge in [0, 0.05) is 5.92 Å². The Morgan fingerprint density at radius 1 is 1.13 bits per heavy atom. The normalized spacial score (nSPS) is 14.1. The number of methoxy groups -OCH3 is 1. The summed E-state index contributed by atoms with van der Waals surface area (Å²) in [6.07, 6.45) is 7.02. The average Bonchev–Trinajstić information content (AvgIpc) is 2.96. The van der Waals surface area contributed by atoms with Gasteiger partial charge in [-0.25, -0.2) is 9.78 Å². The Labute approximate surface area is 234 Å². The molecule has 8 nitrogen and oxygen atoms in total. The van der Waals surface area contributed by atoms with E-state index in [1.165, 1.54) is 17.2 Å². The summed E-state index contributed by atoms with van der Waals surface area (Å²) in [7, 11) is 1.54. The number of hydrogen-bond donors (Lipinski definition) is 1. The van der Waals surface area contributed by atoms with E-state index in [-0.39, 0.29) is 23.6 Å². The van der Waals surface area contributed by atoms with Gasteiger partial charge in [0.05, 0.1) is 34.3 Å². The molecule has 0 saturated heterocycles. The van der Waals surface area contributed by atoms with E-state index in [4.69, 9.17) is 14.5 Å². The maximum atomic E-state index is 13.5. The lowest BCUT2D eigenvalue weighted by Crippen LogP contribution is -2.25. The molecular formula is C30H28BrN3O5. The number of nitrogens with zero attached hydrogens (tertiary/aromatic N) is 3. The van der Waals surface area contributed by atoms with E-state index < -0.39 is 5.97 Å². The summed E-state index contributed by atoms with van der Waals surface area (Å²) in [4.78, 5) is 29.6. The zero-order chi connectivity index (χ0) is 27.4. The smallest absolute Gasteiger partial charge is 0.335 e. The van der Waals surface area contributed by atoms with Gasteiger partial charge in [-0.3, -0.25) is 4.79 Å². The van der Waals surface area contributed by atoms with E-state index in [0.717, 1.165) is 25.7 Å². The second-order valence-corrected chi connectivity index (χ2v) is 10.4. The highest BCUT2D eigenvalue weighted by Gasteiger charge is 2.22. The number of para-hydroxylation sites is 1. The lowest BCUT2D eigenvalue weighted by atomic mass is 9.88. The monoisotopic (exact) mass is 589 g/mol. The molecule has 0 unspecified atom stereocenters. The molecule has 1 aliphatic carbocycles. The maximum absolute atomic E-state index is 13.5.